The zero-order valence-corrected chi connectivity index (χ0v) is 14.0. The van der Waals surface area contributed by atoms with Crippen molar-refractivity contribution in [3.63, 3.8) is 0 Å². The second kappa shape index (κ2) is 8.20. The van der Waals surface area contributed by atoms with Gasteiger partial charge in [0.05, 0.1) is 18.2 Å². The Morgan fingerprint density at radius 3 is 2.52 bits per heavy atom. The summed E-state index contributed by atoms with van der Waals surface area (Å²) in [6.07, 6.45) is 0. The van der Waals surface area contributed by atoms with Crippen molar-refractivity contribution in [2.75, 3.05) is 13.2 Å². The van der Waals surface area contributed by atoms with E-state index in [0.717, 1.165) is 4.47 Å². The number of esters is 1. The number of halogens is 1. The number of carbonyl (C=O) groups excluding carboxylic acids is 1. The second-order valence-corrected chi connectivity index (χ2v) is 5.34. The minimum atomic E-state index is -0.557. The Balaban J connectivity index is 1.99. The first kappa shape index (κ1) is 16.8. The van der Waals surface area contributed by atoms with Gasteiger partial charge in [-0.1, -0.05) is 15.9 Å². The predicted molar refractivity (Wildman–Crippen MR) is 87.6 cm³/mol. The quantitative estimate of drug-likeness (QED) is 0.568. The average Bonchev–Trinajstić information content (AvgIpc) is 2.56. The third-order valence-corrected chi connectivity index (χ3v) is 3.30. The first-order chi connectivity index (χ1) is 11.1. The smallest absolute Gasteiger partial charge is 0.349 e. The standard InChI is InChI=1S/C17H14BrNO4/c1-2-21-16-9-12(10-19)3-8-15(16)23-17(20)11-22-14-6-4-13(18)5-7-14/h3-9H,2,11H2,1H3. The lowest BCUT2D eigenvalue weighted by atomic mass is 10.2. The minimum absolute atomic E-state index is 0.229. The topological polar surface area (TPSA) is 68.5 Å². The zero-order chi connectivity index (χ0) is 16.7. The normalized spacial score (nSPS) is 9.78. The molecular weight excluding hydrogens is 362 g/mol. The van der Waals surface area contributed by atoms with Gasteiger partial charge in [0.25, 0.3) is 0 Å². The van der Waals surface area contributed by atoms with Gasteiger partial charge in [-0.05, 0) is 43.3 Å². The maximum atomic E-state index is 11.9. The molecule has 0 aliphatic carbocycles. The maximum absolute atomic E-state index is 11.9. The Morgan fingerprint density at radius 1 is 1.13 bits per heavy atom. The molecule has 0 bridgehead atoms. The molecule has 0 heterocycles. The Kier molecular flexibility index (Phi) is 6.01. The van der Waals surface area contributed by atoms with Crippen LogP contribution in [0.5, 0.6) is 17.2 Å². The Bertz CT molecular complexity index is 722. The molecule has 0 amide bonds. The average molecular weight is 376 g/mol. The second-order valence-electron chi connectivity index (χ2n) is 4.42. The van der Waals surface area contributed by atoms with Crippen LogP contribution in [-0.2, 0) is 4.79 Å². The fourth-order valence-corrected chi connectivity index (χ4v) is 2.02. The molecule has 0 aliphatic heterocycles. The van der Waals surface area contributed by atoms with Gasteiger partial charge in [-0.25, -0.2) is 4.79 Å². The summed E-state index contributed by atoms with van der Waals surface area (Å²) in [5, 5.41) is 8.90. The molecule has 23 heavy (non-hydrogen) atoms. The van der Waals surface area contributed by atoms with E-state index < -0.39 is 5.97 Å². The van der Waals surface area contributed by atoms with E-state index in [4.69, 9.17) is 19.5 Å². The van der Waals surface area contributed by atoms with E-state index in [2.05, 4.69) is 15.9 Å². The van der Waals surface area contributed by atoms with E-state index in [-0.39, 0.29) is 12.4 Å². The van der Waals surface area contributed by atoms with E-state index in [1.165, 1.54) is 12.1 Å². The molecule has 2 aromatic carbocycles. The van der Waals surface area contributed by atoms with Crippen molar-refractivity contribution in [3.8, 4) is 23.3 Å². The first-order valence-electron chi connectivity index (χ1n) is 6.88. The first-order valence-corrected chi connectivity index (χ1v) is 7.67. The molecule has 0 aromatic heterocycles. The van der Waals surface area contributed by atoms with Crippen molar-refractivity contribution in [3.05, 3.63) is 52.5 Å². The molecule has 0 atom stereocenters. The lowest BCUT2D eigenvalue weighted by Gasteiger charge is -2.11. The van der Waals surface area contributed by atoms with Gasteiger partial charge in [-0.15, -0.1) is 0 Å². The number of benzene rings is 2. The monoisotopic (exact) mass is 375 g/mol. The van der Waals surface area contributed by atoms with E-state index in [9.17, 15) is 4.79 Å². The molecule has 2 rings (SSSR count). The van der Waals surface area contributed by atoms with Crippen LogP contribution < -0.4 is 14.2 Å². The van der Waals surface area contributed by atoms with E-state index in [0.29, 0.717) is 23.7 Å². The molecule has 5 nitrogen and oxygen atoms in total. The number of nitrogens with zero attached hydrogens (tertiary/aromatic N) is 1. The highest BCUT2D eigenvalue weighted by atomic mass is 79.9. The summed E-state index contributed by atoms with van der Waals surface area (Å²) in [7, 11) is 0. The van der Waals surface area contributed by atoms with Crippen LogP contribution in [-0.4, -0.2) is 19.2 Å². The molecule has 118 valence electrons. The van der Waals surface area contributed by atoms with Crippen LogP contribution in [0.15, 0.2) is 46.9 Å². The van der Waals surface area contributed by atoms with Crippen LogP contribution in [0.4, 0.5) is 0 Å². The van der Waals surface area contributed by atoms with Gasteiger partial charge >= 0.3 is 5.97 Å². The Labute approximate surface area is 142 Å². The lowest BCUT2D eigenvalue weighted by molar-refractivity contribution is -0.136. The van der Waals surface area contributed by atoms with Crippen molar-refractivity contribution in [1.29, 1.82) is 5.26 Å². The molecule has 0 saturated heterocycles. The number of carbonyl (C=O) groups is 1. The maximum Gasteiger partial charge on any atom is 0.349 e. The van der Waals surface area contributed by atoms with Crippen molar-refractivity contribution < 1.29 is 19.0 Å². The molecule has 0 N–H and O–H groups in total. The van der Waals surface area contributed by atoms with Crippen LogP contribution in [0.2, 0.25) is 0 Å². The Morgan fingerprint density at radius 2 is 1.87 bits per heavy atom. The van der Waals surface area contributed by atoms with Crippen LogP contribution in [0.3, 0.4) is 0 Å². The summed E-state index contributed by atoms with van der Waals surface area (Å²) < 4.78 is 16.9. The number of rotatable bonds is 6. The van der Waals surface area contributed by atoms with Gasteiger partial charge in [0.2, 0.25) is 0 Å². The zero-order valence-electron chi connectivity index (χ0n) is 12.4. The summed E-state index contributed by atoms with van der Waals surface area (Å²) >= 11 is 3.32. The van der Waals surface area contributed by atoms with Gasteiger partial charge < -0.3 is 14.2 Å². The molecule has 0 aliphatic rings. The van der Waals surface area contributed by atoms with Gasteiger partial charge in [0.1, 0.15) is 5.75 Å². The number of hydrogen-bond acceptors (Lipinski definition) is 5. The predicted octanol–water partition coefficient (Wildman–Crippen LogP) is 3.70. The number of ether oxygens (including phenoxy) is 3. The molecule has 0 fully saturated rings. The highest BCUT2D eigenvalue weighted by molar-refractivity contribution is 9.10. The summed E-state index contributed by atoms with van der Waals surface area (Å²) in [5.74, 6) is 0.618. The largest absolute Gasteiger partial charge is 0.490 e. The molecule has 6 heteroatoms. The van der Waals surface area contributed by atoms with Crippen LogP contribution >= 0.6 is 15.9 Å². The van der Waals surface area contributed by atoms with Gasteiger partial charge in [0, 0.05) is 10.5 Å². The fourth-order valence-electron chi connectivity index (χ4n) is 1.76. The summed E-state index contributed by atoms with van der Waals surface area (Å²) in [4.78, 5) is 11.9. The van der Waals surface area contributed by atoms with Gasteiger partial charge in [-0.3, -0.25) is 0 Å². The van der Waals surface area contributed by atoms with Crippen molar-refractivity contribution >= 4 is 21.9 Å². The Hall–Kier alpha value is -2.52. The van der Waals surface area contributed by atoms with Crippen molar-refractivity contribution in [2.45, 2.75) is 6.92 Å². The van der Waals surface area contributed by atoms with E-state index >= 15 is 0 Å². The SMILES string of the molecule is CCOc1cc(C#N)ccc1OC(=O)COc1ccc(Br)cc1. The van der Waals surface area contributed by atoms with Crippen LogP contribution in [0, 0.1) is 11.3 Å². The summed E-state index contributed by atoms with van der Waals surface area (Å²) in [6, 6.07) is 13.7. The van der Waals surface area contributed by atoms with Crippen LogP contribution in [0.25, 0.3) is 0 Å². The van der Waals surface area contributed by atoms with Gasteiger partial charge in [0.15, 0.2) is 18.1 Å². The lowest BCUT2D eigenvalue weighted by Crippen LogP contribution is -2.18. The molecule has 0 unspecified atom stereocenters. The third-order valence-electron chi connectivity index (χ3n) is 2.77. The molecule has 0 spiro atoms. The third kappa shape index (κ3) is 5.01. The summed E-state index contributed by atoms with van der Waals surface area (Å²) in [6.45, 7) is 1.98. The number of hydrogen-bond donors (Lipinski definition) is 0. The highest BCUT2D eigenvalue weighted by Gasteiger charge is 2.12. The highest BCUT2D eigenvalue weighted by Crippen LogP contribution is 2.28. The number of nitriles is 1. The molecular formula is C17H14BrNO4. The van der Waals surface area contributed by atoms with Crippen molar-refractivity contribution in [2.24, 2.45) is 0 Å². The molecule has 0 saturated carbocycles. The van der Waals surface area contributed by atoms with Crippen molar-refractivity contribution in [1.82, 2.24) is 0 Å². The van der Waals surface area contributed by atoms with Gasteiger partial charge in [-0.2, -0.15) is 5.26 Å². The summed E-state index contributed by atoms with van der Waals surface area (Å²) in [5.41, 5.74) is 0.430. The molecule has 0 radical (unpaired) electrons. The molecule has 2 aromatic rings. The minimum Gasteiger partial charge on any atom is -0.490 e. The fraction of sp³-hybridized carbons (Fsp3) is 0.176. The van der Waals surface area contributed by atoms with E-state index in [1.807, 2.05) is 18.2 Å². The van der Waals surface area contributed by atoms with E-state index in [1.54, 1.807) is 25.1 Å². The van der Waals surface area contributed by atoms with Crippen LogP contribution in [0.1, 0.15) is 12.5 Å².